The van der Waals surface area contributed by atoms with Crippen LogP contribution in [0.15, 0.2) is 0 Å². The van der Waals surface area contributed by atoms with Gasteiger partial charge < -0.3 is 9.80 Å². The van der Waals surface area contributed by atoms with Crippen molar-refractivity contribution in [2.24, 2.45) is 5.92 Å². The van der Waals surface area contributed by atoms with Crippen molar-refractivity contribution < 1.29 is 4.79 Å². The van der Waals surface area contributed by atoms with Gasteiger partial charge in [0.25, 0.3) is 0 Å². The molecule has 3 nitrogen and oxygen atoms in total. The van der Waals surface area contributed by atoms with Gasteiger partial charge in [0.05, 0.1) is 0 Å². The monoisotopic (exact) mass is 180 g/mol. The van der Waals surface area contributed by atoms with Crippen LogP contribution in [0.4, 0.5) is 0 Å². The van der Waals surface area contributed by atoms with Crippen molar-refractivity contribution in [3.63, 3.8) is 0 Å². The fraction of sp³-hybridized carbons (Fsp3) is 0.700. The summed E-state index contributed by atoms with van der Waals surface area (Å²) < 4.78 is 0. The number of carbonyl (C=O) groups is 1. The normalized spacial score (nSPS) is 22.5. The summed E-state index contributed by atoms with van der Waals surface area (Å²) in [6.07, 6.45) is 5.81. The minimum absolute atomic E-state index is 0.134. The molecule has 1 amide bonds. The molecule has 0 saturated carbocycles. The Bertz CT molecular complexity index is 230. The SMILES string of the molecule is C#CC1CC(=O)N(CCN(C)C)C1. The molecular weight excluding hydrogens is 164 g/mol. The van der Waals surface area contributed by atoms with Gasteiger partial charge in [0.2, 0.25) is 5.91 Å². The molecule has 1 fully saturated rings. The maximum absolute atomic E-state index is 11.4. The molecule has 13 heavy (non-hydrogen) atoms. The first-order valence-corrected chi connectivity index (χ1v) is 4.52. The standard InChI is InChI=1S/C10H16N2O/c1-4-9-7-10(13)12(8-9)6-5-11(2)3/h1,9H,5-8H2,2-3H3. The van der Waals surface area contributed by atoms with E-state index in [9.17, 15) is 4.79 Å². The third-order valence-electron chi connectivity index (χ3n) is 2.27. The highest BCUT2D eigenvalue weighted by molar-refractivity contribution is 5.79. The van der Waals surface area contributed by atoms with Gasteiger partial charge in [-0.2, -0.15) is 0 Å². The van der Waals surface area contributed by atoms with E-state index in [0.717, 1.165) is 19.6 Å². The van der Waals surface area contributed by atoms with Gasteiger partial charge >= 0.3 is 0 Å². The van der Waals surface area contributed by atoms with Crippen molar-refractivity contribution in [2.45, 2.75) is 6.42 Å². The molecule has 1 saturated heterocycles. The van der Waals surface area contributed by atoms with E-state index >= 15 is 0 Å². The molecule has 3 heteroatoms. The van der Waals surface area contributed by atoms with E-state index < -0.39 is 0 Å². The molecule has 0 radical (unpaired) electrons. The van der Waals surface area contributed by atoms with Gasteiger partial charge in [-0.1, -0.05) is 0 Å². The number of rotatable bonds is 3. The van der Waals surface area contributed by atoms with Crippen LogP contribution < -0.4 is 0 Å². The highest BCUT2D eigenvalue weighted by Crippen LogP contribution is 2.15. The Kier molecular flexibility index (Phi) is 3.32. The second-order valence-electron chi connectivity index (χ2n) is 3.71. The summed E-state index contributed by atoms with van der Waals surface area (Å²) in [4.78, 5) is 15.3. The molecule has 0 aromatic rings. The van der Waals surface area contributed by atoms with Crippen molar-refractivity contribution in [2.75, 3.05) is 33.7 Å². The van der Waals surface area contributed by atoms with Crippen LogP contribution in [-0.2, 0) is 4.79 Å². The minimum Gasteiger partial charge on any atom is -0.340 e. The highest BCUT2D eigenvalue weighted by atomic mass is 16.2. The van der Waals surface area contributed by atoms with Gasteiger partial charge in [-0.05, 0) is 14.1 Å². The lowest BCUT2D eigenvalue weighted by atomic mass is 10.1. The zero-order chi connectivity index (χ0) is 9.84. The van der Waals surface area contributed by atoms with Crippen molar-refractivity contribution in [1.29, 1.82) is 0 Å². The quantitative estimate of drug-likeness (QED) is 0.572. The molecule has 0 N–H and O–H groups in total. The van der Waals surface area contributed by atoms with Crippen LogP contribution in [-0.4, -0.2) is 49.4 Å². The first kappa shape index (κ1) is 10.1. The second-order valence-corrected chi connectivity index (χ2v) is 3.71. The summed E-state index contributed by atoms with van der Waals surface area (Å²) >= 11 is 0. The molecule has 1 aliphatic rings. The first-order valence-electron chi connectivity index (χ1n) is 4.52. The third kappa shape index (κ3) is 2.74. The fourth-order valence-electron chi connectivity index (χ4n) is 1.42. The predicted molar refractivity (Wildman–Crippen MR) is 52.1 cm³/mol. The summed E-state index contributed by atoms with van der Waals surface area (Å²) in [5.74, 6) is 2.97. The summed E-state index contributed by atoms with van der Waals surface area (Å²) in [5, 5.41) is 0. The Balaban J connectivity index is 2.36. The molecule has 1 aliphatic heterocycles. The molecule has 0 aromatic heterocycles. The third-order valence-corrected chi connectivity index (χ3v) is 2.27. The van der Waals surface area contributed by atoms with Crippen LogP contribution in [0.25, 0.3) is 0 Å². The van der Waals surface area contributed by atoms with Crippen molar-refractivity contribution in [3.8, 4) is 12.3 Å². The smallest absolute Gasteiger partial charge is 0.223 e. The fourth-order valence-corrected chi connectivity index (χ4v) is 1.42. The van der Waals surface area contributed by atoms with E-state index in [1.807, 2.05) is 19.0 Å². The molecule has 1 rings (SSSR count). The number of hydrogen-bond acceptors (Lipinski definition) is 2. The lowest BCUT2D eigenvalue weighted by Crippen LogP contribution is -2.32. The van der Waals surface area contributed by atoms with Crippen molar-refractivity contribution >= 4 is 5.91 Å². The summed E-state index contributed by atoms with van der Waals surface area (Å²) in [6.45, 7) is 2.44. The molecule has 0 aliphatic carbocycles. The van der Waals surface area contributed by atoms with Crippen LogP contribution in [0, 0.1) is 18.3 Å². The highest BCUT2D eigenvalue weighted by Gasteiger charge is 2.27. The second kappa shape index (κ2) is 4.29. The maximum atomic E-state index is 11.4. The number of hydrogen-bond donors (Lipinski definition) is 0. The molecule has 1 unspecified atom stereocenters. The van der Waals surface area contributed by atoms with Crippen LogP contribution in [0.2, 0.25) is 0 Å². The van der Waals surface area contributed by atoms with E-state index in [4.69, 9.17) is 6.42 Å². The van der Waals surface area contributed by atoms with Crippen molar-refractivity contribution in [3.05, 3.63) is 0 Å². The van der Waals surface area contributed by atoms with Gasteiger partial charge in [0.15, 0.2) is 0 Å². The molecule has 0 bridgehead atoms. The topological polar surface area (TPSA) is 23.6 Å². The molecule has 0 aromatic carbocycles. The molecule has 1 atom stereocenters. The lowest BCUT2D eigenvalue weighted by Gasteiger charge is -2.18. The van der Waals surface area contributed by atoms with Crippen LogP contribution in [0.1, 0.15) is 6.42 Å². The van der Waals surface area contributed by atoms with E-state index in [0.29, 0.717) is 6.42 Å². The maximum Gasteiger partial charge on any atom is 0.223 e. The summed E-state index contributed by atoms with van der Waals surface area (Å²) in [7, 11) is 4.00. The zero-order valence-corrected chi connectivity index (χ0v) is 8.29. The van der Waals surface area contributed by atoms with E-state index in [1.165, 1.54) is 0 Å². The molecule has 0 spiro atoms. The van der Waals surface area contributed by atoms with Crippen LogP contribution in [0.5, 0.6) is 0 Å². The van der Waals surface area contributed by atoms with Crippen LogP contribution >= 0.6 is 0 Å². The van der Waals surface area contributed by atoms with Gasteiger partial charge in [0.1, 0.15) is 0 Å². The average Bonchev–Trinajstić information content (AvgIpc) is 2.43. The van der Waals surface area contributed by atoms with Gasteiger partial charge in [-0.15, -0.1) is 12.3 Å². The summed E-state index contributed by atoms with van der Waals surface area (Å²) in [5.41, 5.74) is 0. The Morgan fingerprint density at radius 1 is 1.69 bits per heavy atom. The Morgan fingerprint density at radius 3 is 2.85 bits per heavy atom. The van der Waals surface area contributed by atoms with Gasteiger partial charge in [0, 0.05) is 32.0 Å². The zero-order valence-electron chi connectivity index (χ0n) is 8.29. The van der Waals surface area contributed by atoms with E-state index in [2.05, 4.69) is 10.8 Å². The number of nitrogens with zero attached hydrogens (tertiary/aromatic N) is 2. The minimum atomic E-state index is 0.134. The van der Waals surface area contributed by atoms with E-state index in [1.54, 1.807) is 0 Å². The van der Waals surface area contributed by atoms with Crippen LogP contribution in [0.3, 0.4) is 0 Å². The summed E-state index contributed by atoms with van der Waals surface area (Å²) in [6, 6.07) is 0. The molecule has 1 heterocycles. The Morgan fingerprint density at radius 2 is 2.38 bits per heavy atom. The predicted octanol–water partition coefficient (Wildman–Crippen LogP) is 0.0297. The number of amides is 1. The Hall–Kier alpha value is -1.01. The Labute approximate surface area is 79.7 Å². The molecular formula is C10H16N2O. The van der Waals surface area contributed by atoms with Gasteiger partial charge in [-0.25, -0.2) is 0 Å². The number of likely N-dealkylation sites (N-methyl/N-ethyl adjacent to an activating group) is 1. The largest absolute Gasteiger partial charge is 0.340 e. The van der Waals surface area contributed by atoms with E-state index in [-0.39, 0.29) is 11.8 Å². The lowest BCUT2D eigenvalue weighted by molar-refractivity contribution is -0.127. The average molecular weight is 180 g/mol. The molecule has 72 valence electrons. The number of terminal acetylenes is 1. The van der Waals surface area contributed by atoms with Crippen molar-refractivity contribution in [1.82, 2.24) is 9.80 Å². The first-order chi connectivity index (χ1) is 6.13. The number of carbonyl (C=O) groups excluding carboxylic acids is 1. The number of likely N-dealkylation sites (tertiary alicyclic amines) is 1. The van der Waals surface area contributed by atoms with Gasteiger partial charge in [-0.3, -0.25) is 4.79 Å².